The molecule has 1 aromatic heterocycles. The van der Waals surface area contributed by atoms with Gasteiger partial charge in [0.25, 0.3) is 0 Å². The molecule has 1 atom stereocenters. The first-order chi connectivity index (χ1) is 8.13. The molecule has 0 aliphatic heterocycles. The number of nitrogens with one attached hydrogen (secondary N) is 1. The maximum atomic E-state index is 5.23. The summed E-state index contributed by atoms with van der Waals surface area (Å²) in [7, 11) is 0. The predicted octanol–water partition coefficient (Wildman–Crippen LogP) is 3.64. The zero-order valence-corrected chi connectivity index (χ0v) is 11.1. The molecule has 0 bridgehead atoms. The summed E-state index contributed by atoms with van der Waals surface area (Å²) in [6.45, 7) is 5.81. The summed E-state index contributed by atoms with van der Waals surface area (Å²) in [5.74, 6) is 0.804. The van der Waals surface area contributed by atoms with Gasteiger partial charge in [-0.05, 0) is 31.3 Å². The van der Waals surface area contributed by atoms with E-state index in [4.69, 9.17) is 12.2 Å². The molecule has 1 N–H and O–H groups in total. The summed E-state index contributed by atoms with van der Waals surface area (Å²) in [6.07, 6.45) is 1.83. The van der Waals surface area contributed by atoms with Gasteiger partial charge in [-0.2, -0.15) is 5.10 Å². The van der Waals surface area contributed by atoms with E-state index in [9.17, 15) is 0 Å². The van der Waals surface area contributed by atoms with Crippen molar-refractivity contribution in [2.24, 2.45) is 0 Å². The highest BCUT2D eigenvalue weighted by molar-refractivity contribution is 7.80. The fourth-order valence-corrected chi connectivity index (χ4v) is 2.16. The maximum absolute atomic E-state index is 5.23. The Labute approximate surface area is 111 Å². The third-order valence-electron chi connectivity index (χ3n) is 2.56. The molecule has 0 spiro atoms. The van der Waals surface area contributed by atoms with Crippen LogP contribution in [0, 0.1) is 4.77 Å². The van der Waals surface area contributed by atoms with Crippen molar-refractivity contribution < 1.29 is 0 Å². The standard InChI is InChI=1S/C12H13N3S2/c1-3-8(2)15-11(13-14-12(15)17)9-5-4-6-10(16)7-9/h3-8,16H,1H2,2H3,(H,14,17). The molecule has 2 aromatic rings. The molecule has 3 nitrogen and oxygen atoms in total. The van der Waals surface area contributed by atoms with Crippen molar-refractivity contribution in [2.75, 3.05) is 0 Å². The average molecular weight is 263 g/mol. The van der Waals surface area contributed by atoms with E-state index in [1.165, 1.54) is 0 Å². The number of aromatic nitrogens is 3. The summed E-state index contributed by atoms with van der Waals surface area (Å²) < 4.78 is 2.53. The molecule has 0 saturated carbocycles. The lowest BCUT2D eigenvalue weighted by Crippen LogP contribution is -2.04. The molecular weight excluding hydrogens is 250 g/mol. The second-order valence-corrected chi connectivity index (χ2v) is 4.65. The Balaban J connectivity index is 2.60. The van der Waals surface area contributed by atoms with E-state index in [2.05, 4.69) is 29.4 Å². The molecule has 2 rings (SSSR count). The molecule has 17 heavy (non-hydrogen) atoms. The molecule has 0 radical (unpaired) electrons. The maximum Gasteiger partial charge on any atom is 0.195 e. The van der Waals surface area contributed by atoms with Gasteiger partial charge in [-0.3, -0.25) is 9.67 Å². The van der Waals surface area contributed by atoms with Gasteiger partial charge in [-0.15, -0.1) is 19.2 Å². The molecule has 0 aliphatic rings. The van der Waals surface area contributed by atoms with Crippen molar-refractivity contribution in [2.45, 2.75) is 17.9 Å². The van der Waals surface area contributed by atoms with Crippen LogP contribution < -0.4 is 0 Å². The molecular formula is C12H13N3S2. The molecule has 5 heteroatoms. The summed E-state index contributed by atoms with van der Waals surface area (Å²) in [6, 6.07) is 7.91. The van der Waals surface area contributed by atoms with Crippen LogP contribution in [-0.4, -0.2) is 14.8 Å². The van der Waals surface area contributed by atoms with Crippen LogP contribution in [0.15, 0.2) is 41.8 Å². The predicted molar refractivity (Wildman–Crippen MR) is 75.0 cm³/mol. The fourth-order valence-electron chi connectivity index (χ4n) is 1.64. The third kappa shape index (κ3) is 2.35. The summed E-state index contributed by atoms with van der Waals surface area (Å²) in [4.78, 5) is 0.897. The van der Waals surface area contributed by atoms with Gasteiger partial charge in [0.15, 0.2) is 10.6 Å². The second-order valence-electron chi connectivity index (χ2n) is 3.75. The third-order valence-corrected chi connectivity index (χ3v) is 3.12. The average Bonchev–Trinajstić information content (AvgIpc) is 2.70. The van der Waals surface area contributed by atoms with Gasteiger partial charge < -0.3 is 0 Å². The van der Waals surface area contributed by atoms with E-state index >= 15 is 0 Å². The van der Waals surface area contributed by atoms with Crippen LogP contribution in [0.3, 0.4) is 0 Å². The number of hydrogen-bond acceptors (Lipinski definition) is 3. The minimum atomic E-state index is 0.0971. The Hall–Kier alpha value is -1.33. The quantitative estimate of drug-likeness (QED) is 0.503. The highest BCUT2D eigenvalue weighted by atomic mass is 32.1. The minimum Gasteiger partial charge on any atom is -0.293 e. The molecule has 0 fully saturated rings. The van der Waals surface area contributed by atoms with Gasteiger partial charge in [0.2, 0.25) is 0 Å². The van der Waals surface area contributed by atoms with Crippen LogP contribution in [0.2, 0.25) is 0 Å². The van der Waals surface area contributed by atoms with Crippen molar-refractivity contribution in [3.63, 3.8) is 0 Å². The van der Waals surface area contributed by atoms with Gasteiger partial charge in [0, 0.05) is 10.5 Å². The van der Waals surface area contributed by atoms with E-state index in [-0.39, 0.29) is 6.04 Å². The Kier molecular flexibility index (Phi) is 3.49. The lowest BCUT2D eigenvalue weighted by atomic mass is 10.2. The smallest absolute Gasteiger partial charge is 0.195 e. The molecule has 0 aliphatic carbocycles. The van der Waals surface area contributed by atoms with E-state index < -0.39 is 0 Å². The first-order valence-electron chi connectivity index (χ1n) is 5.22. The molecule has 1 heterocycles. The van der Waals surface area contributed by atoms with Gasteiger partial charge in [0.1, 0.15) is 0 Å². The van der Waals surface area contributed by atoms with Crippen LogP contribution in [0.4, 0.5) is 0 Å². The van der Waals surface area contributed by atoms with Crippen LogP contribution in [-0.2, 0) is 0 Å². The van der Waals surface area contributed by atoms with Crippen LogP contribution in [0.5, 0.6) is 0 Å². The van der Waals surface area contributed by atoms with Crippen molar-refractivity contribution in [3.8, 4) is 11.4 Å². The van der Waals surface area contributed by atoms with Crippen LogP contribution >= 0.6 is 24.8 Å². The van der Waals surface area contributed by atoms with Crippen molar-refractivity contribution in [1.29, 1.82) is 0 Å². The van der Waals surface area contributed by atoms with Crippen molar-refractivity contribution >= 4 is 24.8 Å². The lowest BCUT2D eigenvalue weighted by Gasteiger charge is -2.11. The minimum absolute atomic E-state index is 0.0971. The molecule has 0 amide bonds. The molecule has 88 valence electrons. The van der Waals surface area contributed by atoms with Crippen LogP contribution in [0.25, 0.3) is 11.4 Å². The largest absolute Gasteiger partial charge is 0.293 e. The first kappa shape index (κ1) is 12.1. The van der Waals surface area contributed by atoms with E-state index in [1.807, 2.05) is 41.8 Å². The monoisotopic (exact) mass is 263 g/mol. The highest BCUT2D eigenvalue weighted by Crippen LogP contribution is 2.23. The number of H-pyrrole nitrogens is 1. The summed E-state index contributed by atoms with van der Waals surface area (Å²) in [5, 5.41) is 7.07. The second kappa shape index (κ2) is 4.89. The Morgan fingerprint density at radius 2 is 2.35 bits per heavy atom. The van der Waals surface area contributed by atoms with Gasteiger partial charge >= 0.3 is 0 Å². The zero-order chi connectivity index (χ0) is 12.4. The number of aromatic amines is 1. The van der Waals surface area contributed by atoms with Crippen molar-refractivity contribution in [3.05, 3.63) is 41.7 Å². The fraction of sp³-hybridized carbons (Fsp3) is 0.167. The number of rotatable bonds is 3. The summed E-state index contributed by atoms with van der Waals surface area (Å²) in [5.41, 5.74) is 0.985. The van der Waals surface area contributed by atoms with Crippen LogP contribution in [0.1, 0.15) is 13.0 Å². The molecule has 1 unspecified atom stereocenters. The Morgan fingerprint density at radius 3 is 3.00 bits per heavy atom. The number of benzene rings is 1. The van der Waals surface area contributed by atoms with Gasteiger partial charge in [-0.25, -0.2) is 0 Å². The SMILES string of the molecule is C=CC(C)n1c(-c2cccc(S)c2)n[nH]c1=S. The van der Waals surface area contributed by atoms with E-state index in [0.717, 1.165) is 16.3 Å². The molecule has 1 aromatic carbocycles. The van der Waals surface area contributed by atoms with E-state index in [1.54, 1.807) is 0 Å². The Bertz CT molecular complexity index is 598. The number of allylic oxidation sites excluding steroid dienone is 1. The van der Waals surface area contributed by atoms with E-state index in [0.29, 0.717) is 4.77 Å². The number of nitrogens with zero attached hydrogens (tertiary/aromatic N) is 2. The lowest BCUT2D eigenvalue weighted by molar-refractivity contribution is 0.657. The topological polar surface area (TPSA) is 33.6 Å². The highest BCUT2D eigenvalue weighted by Gasteiger charge is 2.12. The number of thiol groups is 1. The van der Waals surface area contributed by atoms with Crippen molar-refractivity contribution in [1.82, 2.24) is 14.8 Å². The van der Waals surface area contributed by atoms with Gasteiger partial charge in [-0.1, -0.05) is 18.2 Å². The van der Waals surface area contributed by atoms with Gasteiger partial charge in [0.05, 0.1) is 6.04 Å². The normalized spacial score (nSPS) is 12.4. The molecule has 0 saturated heterocycles. The first-order valence-corrected chi connectivity index (χ1v) is 6.08. The zero-order valence-electron chi connectivity index (χ0n) is 9.42. The number of hydrogen-bond donors (Lipinski definition) is 2. The summed E-state index contributed by atoms with van der Waals surface area (Å²) >= 11 is 9.55. The Morgan fingerprint density at radius 1 is 1.59 bits per heavy atom.